The molecule has 0 aliphatic carbocycles. The molecule has 3 nitrogen and oxygen atoms in total. The lowest BCUT2D eigenvalue weighted by Crippen LogP contribution is -2.38. The van der Waals surface area contributed by atoms with Crippen LogP contribution in [0.5, 0.6) is 0 Å². The van der Waals surface area contributed by atoms with E-state index in [1.165, 1.54) is 0 Å². The number of nitrogens with two attached hydrogens (primary N) is 1. The smallest absolute Gasteiger partial charge is 0.214 e. The van der Waals surface area contributed by atoms with E-state index in [1.807, 2.05) is 31.2 Å². The predicted molar refractivity (Wildman–Crippen MR) is 74.4 cm³/mol. The molecule has 5 heteroatoms. The summed E-state index contributed by atoms with van der Waals surface area (Å²) < 4.78 is 23.0. The average Bonchev–Trinajstić information content (AvgIpc) is 2.15. The molecule has 1 unspecified atom stereocenters. The van der Waals surface area contributed by atoms with Crippen molar-refractivity contribution in [1.29, 1.82) is 0 Å². The van der Waals surface area contributed by atoms with Crippen LogP contribution in [0.3, 0.4) is 0 Å². The SMILES string of the molecule is CC(CC(C)(C)S(N)(=O)=O)c1ccccc1Br. The second kappa shape index (κ2) is 5.08. The highest BCUT2D eigenvalue weighted by Gasteiger charge is 2.33. The van der Waals surface area contributed by atoms with Crippen LogP contribution in [0, 0.1) is 0 Å². The third-order valence-corrected chi connectivity index (χ3v) is 5.43. The van der Waals surface area contributed by atoms with Gasteiger partial charge in [-0.2, -0.15) is 0 Å². The lowest BCUT2D eigenvalue weighted by molar-refractivity contribution is 0.500. The largest absolute Gasteiger partial charge is 0.228 e. The molecule has 0 amide bonds. The minimum atomic E-state index is -3.53. The summed E-state index contributed by atoms with van der Waals surface area (Å²) in [5.74, 6) is 0.124. The molecule has 0 saturated carbocycles. The standard InChI is InChI=1S/C12H18BrNO2S/c1-9(8-12(2,3)17(14,15)16)10-6-4-5-7-11(10)13/h4-7,9H,8H2,1-3H3,(H2,14,15,16). The van der Waals surface area contributed by atoms with Gasteiger partial charge in [-0.05, 0) is 37.8 Å². The molecule has 1 aromatic rings. The fraction of sp³-hybridized carbons (Fsp3) is 0.500. The van der Waals surface area contributed by atoms with Gasteiger partial charge in [-0.15, -0.1) is 0 Å². The Morgan fingerprint density at radius 3 is 2.35 bits per heavy atom. The van der Waals surface area contributed by atoms with E-state index < -0.39 is 14.8 Å². The maximum atomic E-state index is 11.5. The minimum Gasteiger partial charge on any atom is -0.228 e. The maximum Gasteiger partial charge on any atom is 0.214 e. The molecular weight excluding hydrogens is 302 g/mol. The number of benzene rings is 1. The van der Waals surface area contributed by atoms with E-state index in [9.17, 15) is 8.42 Å². The first-order chi connectivity index (χ1) is 7.65. The number of sulfonamides is 1. The molecule has 0 aliphatic rings. The Morgan fingerprint density at radius 2 is 1.88 bits per heavy atom. The van der Waals surface area contributed by atoms with Gasteiger partial charge in [0.25, 0.3) is 0 Å². The van der Waals surface area contributed by atoms with Gasteiger partial charge < -0.3 is 0 Å². The van der Waals surface area contributed by atoms with Crippen LogP contribution in [-0.2, 0) is 10.0 Å². The van der Waals surface area contributed by atoms with Gasteiger partial charge in [-0.3, -0.25) is 0 Å². The summed E-state index contributed by atoms with van der Waals surface area (Å²) in [7, 11) is -3.53. The van der Waals surface area contributed by atoms with E-state index >= 15 is 0 Å². The fourth-order valence-electron chi connectivity index (χ4n) is 1.84. The molecule has 1 rings (SSSR count). The molecule has 0 fully saturated rings. The molecule has 0 aromatic heterocycles. The predicted octanol–water partition coefficient (Wildman–Crippen LogP) is 3.01. The van der Waals surface area contributed by atoms with Crippen LogP contribution in [0.2, 0.25) is 0 Å². The summed E-state index contributed by atoms with van der Waals surface area (Å²) in [5, 5.41) is 5.24. The Balaban J connectivity index is 2.95. The highest BCUT2D eigenvalue weighted by atomic mass is 79.9. The number of hydrogen-bond acceptors (Lipinski definition) is 2. The summed E-state index contributed by atoms with van der Waals surface area (Å²) in [6.07, 6.45) is 0.494. The Bertz CT molecular complexity index is 497. The second-order valence-corrected chi connectivity index (χ2v) is 7.98. The number of halogens is 1. The first kappa shape index (κ1) is 14.7. The van der Waals surface area contributed by atoms with Gasteiger partial charge in [0.05, 0.1) is 4.75 Å². The van der Waals surface area contributed by atoms with E-state index in [0.29, 0.717) is 6.42 Å². The lowest BCUT2D eigenvalue weighted by atomic mass is 9.91. The van der Waals surface area contributed by atoms with Crippen molar-refractivity contribution in [2.24, 2.45) is 5.14 Å². The zero-order valence-electron chi connectivity index (χ0n) is 10.3. The quantitative estimate of drug-likeness (QED) is 0.927. The molecule has 2 N–H and O–H groups in total. The van der Waals surface area contributed by atoms with E-state index in [0.717, 1.165) is 10.0 Å². The third kappa shape index (κ3) is 3.53. The third-order valence-electron chi connectivity index (χ3n) is 3.00. The van der Waals surface area contributed by atoms with Gasteiger partial charge in [0, 0.05) is 4.47 Å². The Morgan fingerprint density at radius 1 is 1.35 bits per heavy atom. The molecule has 0 bridgehead atoms. The van der Waals surface area contributed by atoms with E-state index in [-0.39, 0.29) is 5.92 Å². The first-order valence-corrected chi connectivity index (χ1v) is 7.76. The van der Waals surface area contributed by atoms with Crippen molar-refractivity contribution in [1.82, 2.24) is 0 Å². The molecular formula is C12H18BrNO2S. The van der Waals surface area contributed by atoms with Crippen molar-refractivity contribution >= 4 is 26.0 Å². The van der Waals surface area contributed by atoms with Crippen LogP contribution < -0.4 is 5.14 Å². The van der Waals surface area contributed by atoms with E-state index in [4.69, 9.17) is 5.14 Å². The summed E-state index contributed by atoms with van der Waals surface area (Å²) >= 11 is 3.47. The summed E-state index contributed by atoms with van der Waals surface area (Å²) in [5.41, 5.74) is 1.10. The number of hydrogen-bond donors (Lipinski definition) is 1. The molecule has 0 spiro atoms. The monoisotopic (exact) mass is 319 g/mol. The molecule has 1 aromatic carbocycles. The minimum absolute atomic E-state index is 0.124. The zero-order valence-corrected chi connectivity index (χ0v) is 12.7. The Labute approximate surface area is 112 Å². The molecule has 0 saturated heterocycles. The Kier molecular flexibility index (Phi) is 4.38. The van der Waals surface area contributed by atoms with Crippen LogP contribution in [0.25, 0.3) is 0 Å². The average molecular weight is 320 g/mol. The van der Waals surface area contributed by atoms with Crippen molar-refractivity contribution in [2.75, 3.05) is 0 Å². The zero-order chi connectivity index (χ0) is 13.3. The summed E-state index contributed by atoms with van der Waals surface area (Å²) in [6.45, 7) is 5.33. The van der Waals surface area contributed by atoms with Crippen LogP contribution in [0.1, 0.15) is 38.7 Å². The van der Waals surface area contributed by atoms with Crippen LogP contribution in [0.15, 0.2) is 28.7 Å². The fourth-order valence-corrected chi connectivity index (χ4v) is 3.00. The second-order valence-electron chi connectivity index (χ2n) is 4.93. The molecule has 0 heterocycles. The lowest BCUT2D eigenvalue weighted by Gasteiger charge is -2.26. The summed E-state index contributed by atoms with van der Waals surface area (Å²) in [6, 6.07) is 7.83. The maximum absolute atomic E-state index is 11.5. The Hall–Kier alpha value is -0.390. The normalized spacial score (nSPS) is 14.6. The topological polar surface area (TPSA) is 60.2 Å². The van der Waals surface area contributed by atoms with Gasteiger partial charge >= 0.3 is 0 Å². The van der Waals surface area contributed by atoms with E-state index in [1.54, 1.807) is 13.8 Å². The van der Waals surface area contributed by atoms with Gasteiger partial charge in [0.2, 0.25) is 10.0 Å². The number of rotatable bonds is 4. The molecule has 17 heavy (non-hydrogen) atoms. The van der Waals surface area contributed by atoms with Crippen LogP contribution in [-0.4, -0.2) is 13.2 Å². The number of primary sulfonamides is 1. The van der Waals surface area contributed by atoms with Crippen molar-refractivity contribution in [2.45, 2.75) is 37.9 Å². The van der Waals surface area contributed by atoms with Crippen molar-refractivity contribution in [3.8, 4) is 0 Å². The van der Waals surface area contributed by atoms with Crippen molar-refractivity contribution in [3.05, 3.63) is 34.3 Å². The highest BCUT2D eigenvalue weighted by molar-refractivity contribution is 9.10. The first-order valence-electron chi connectivity index (χ1n) is 5.42. The van der Waals surface area contributed by atoms with Gasteiger partial charge in [-0.1, -0.05) is 41.1 Å². The van der Waals surface area contributed by atoms with Crippen molar-refractivity contribution < 1.29 is 8.42 Å². The molecule has 0 radical (unpaired) electrons. The summed E-state index contributed by atoms with van der Waals surface area (Å²) in [4.78, 5) is 0. The van der Waals surface area contributed by atoms with Crippen molar-refractivity contribution in [3.63, 3.8) is 0 Å². The van der Waals surface area contributed by atoms with Gasteiger partial charge in [-0.25, -0.2) is 13.6 Å². The van der Waals surface area contributed by atoms with Crippen LogP contribution >= 0.6 is 15.9 Å². The van der Waals surface area contributed by atoms with Gasteiger partial charge in [0.1, 0.15) is 0 Å². The molecule has 96 valence electrons. The van der Waals surface area contributed by atoms with E-state index in [2.05, 4.69) is 15.9 Å². The molecule has 0 aliphatic heterocycles. The molecule has 1 atom stereocenters. The van der Waals surface area contributed by atoms with Gasteiger partial charge in [0.15, 0.2) is 0 Å². The highest BCUT2D eigenvalue weighted by Crippen LogP contribution is 2.33. The van der Waals surface area contributed by atoms with Crippen LogP contribution in [0.4, 0.5) is 0 Å².